The van der Waals surface area contributed by atoms with Gasteiger partial charge < -0.3 is 9.47 Å². The molecule has 1 aliphatic heterocycles. The topological polar surface area (TPSA) is 38.8 Å². The molecule has 1 saturated heterocycles. The van der Waals surface area contributed by atoms with Gasteiger partial charge in [0.25, 0.3) is 0 Å². The maximum Gasteiger partial charge on any atom is 0.194 e. The monoisotopic (exact) mass is 234 g/mol. The lowest BCUT2D eigenvalue weighted by molar-refractivity contribution is 0.0953. The molecule has 0 aromatic heterocycles. The minimum Gasteiger partial charge on any atom is -0.497 e. The molecule has 0 spiro atoms. The van der Waals surface area contributed by atoms with Gasteiger partial charge in [-0.25, -0.2) is 0 Å². The molecule has 2 atom stereocenters. The Bertz CT molecular complexity index is 383. The molecule has 1 aromatic carbocycles. The first-order valence-corrected chi connectivity index (χ1v) is 6.10. The molecule has 0 aliphatic carbocycles. The van der Waals surface area contributed by atoms with Gasteiger partial charge in [0.1, 0.15) is 11.9 Å². The summed E-state index contributed by atoms with van der Waals surface area (Å²) in [5.74, 6) is 0.856. The largest absolute Gasteiger partial charge is 0.497 e. The zero-order valence-corrected chi connectivity index (χ0v) is 10.3. The van der Waals surface area contributed by atoms with Crippen molar-refractivity contribution >= 4 is 5.78 Å². The quantitative estimate of drug-likeness (QED) is 0.561. The zero-order valence-electron chi connectivity index (χ0n) is 10.3. The van der Waals surface area contributed by atoms with Crippen molar-refractivity contribution in [1.82, 2.24) is 0 Å². The summed E-state index contributed by atoms with van der Waals surface area (Å²) < 4.78 is 10.5. The summed E-state index contributed by atoms with van der Waals surface area (Å²) in [6.07, 6.45) is 3.18. The average Bonchev–Trinajstić information content (AvgIpc) is 3.15. The van der Waals surface area contributed by atoms with Crippen molar-refractivity contribution in [2.75, 3.05) is 7.11 Å². The van der Waals surface area contributed by atoms with Gasteiger partial charge in [-0.1, -0.05) is 19.8 Å². The Morgan fingerprint density at radius 3 is 2.65 bits per heavy atom. The van der Waals surface area contributed by atoms with E-state index in [1.165, 1.54) is 0 Å². The number of carbonyl (C=O) groups excluding carboxylic acids is 1. The molecule has 0 amide bonds. The van der Waals surface area contributed by atoms with Crippen molar-refractivity contribution in [3.8, 4) is 5.75 Å². The van der Waals surface area contributed by atoms with E-state index < -0.39 is 0 Å². The number of hydrogen-bond donors (Lipinski definition) is 0. The number of hydrogen-bond acceptors (Lipinski definition) is 3. The van der Waals surface area contributed by atoms with Crippen LogP contribution >= 0.6 is 0 Å². The molecule has 2 rings (SSSR count). The van der Waals surface area contributed by atoms with E-state index in [9.17, 15) is 4.79 Å². The number of Topliss-reactive ketones (excluding diaryl/α,β-unsaturated/α-hetero) is 1. The number of epoxide rings is 1. The SMILES string of the molecule is CCCC[C@H]1O[C@@H]1C(=O)c1ccc(OC)cc1. The molecule has 1 heterocycles. The van der Waals surface area contributed by atoms with Crippen LogP contribution in [0, 0.1) is 0 Å². The highest BCUT2D eigenvalue weighted by atomic mass is 16.6. The van der Waals surface area contributed by atoms with Crippen molar-refractivity contribution in [2.24, 2.45) is 0 Å². The lowest BCUT2D eigenvalue weighted by Gasteiger charge is -2.01. The lowest BCUT2D eigenvalue weighted by atomic mass is 10.0. The number of benzene rings is 1. The fraction of sp³-hybridized carbons (Fsp3) is 0.500. The van der Waals surface area contributed by atoms with E-state index in [2.05, 4.69) is 6.92 Å². The van der Waals surface area contributed by atoms with Crippen LogP contribution in [0.5, 0.6) is 5.75 Å². The van der Waals surface area contributed by atoms with Gasteiger partial charge in [0, 0.05) is 5.56 Å². The maximum absolute atomic E-state index is 12.0. The Hall–Kier alpha value is -1.35. The second kappa shape index (κ2) is 5.32. The van der Waals surface area contributed by atoms with Crippen molar-refractivity contribution in [1.29, 1.82) is 0 Å². The predicted octanol–water partition coefficient (Wildman–Crippen LogP) is 2.84. The molecule has 17 heavy (non-hydrogen) atoms. The van der Waals surface area contributed by atoms with Gasteiger partial charge in [0.15, 0.2) is 5.78 Å². The summed E-state index contributed by atoms with van der Waals surface area (Å²) in [5, 5.41) is 0. The predicted molar refractivity (Wildman–Crippen MR) is 65.5 cm³/mol. The first-order valence-electron chi connectivity index (χ1n) is 6.10. The van der Waals surface area contributed by atoms with Crippen molar-refractivity contribution in [3.05, 3.63) is 29.8 Å². The molecule has 0 radical (unpaired) electrons. The van der Waals surface area contributed by atoms with Crippen LogP contribution in [0.1, 0.15) is 36.5 Å². The molecule has 3 heteroatoms. The highest BCUT2D eigenvalue weighted by molar-refractivity contribution is 6.01. The standard InChI is InChI=1S/C14H18O3/c1-3-4-5-12-14(17-12)13(15)10-6-8-11(16-2)9-7-10/h6-9,12,14H,3-5H2,1-2H3/t12-,14+/m1/s1. The van der Waals surface area contributed by atoms with Crippen LogP contribution in [-0.2, 0) is 4.74 Å². The van der Waals surface area contributed by atoms with E-state index in [1.54, 1.807) is 31.4 Å². The van der Waals surface area contributed by atoms with E-state index in [0.29, 0.717) is 5.56 Å². The highest BCUT2D eigenvalue weighted by Gasteiger charge is 2.44. The molecular weight excluding hydrogens is 216 g/mol. The molecule has 1 fully saturated rings. The Balaban J connectivity index is 1.92. The summed E-state index contributed by atoms with van der Waals surface area (Å²) in [6.45, 7) is 2.14. The Morgan fingerprint density at radius 1 is 1.35 bits per heavy atom. The molecule has 1 aromatic rings. The molecule has 0 unspecified atom stereocenters. The van der Waals surface area contributed by atoms with E-state index >= 15 is 0 Å². The third-order valence-electron chi connectivity index (χ3n) is 3.06. The van der Waals surface area contributed by atoms with E-state index in [0.717, 1.165) is 25.0 Å². The average molecular weight is 234 g/mol. The highest BCUT2D eigenvalue weighted by Crippen LogP contribution is 2.30. The summed E-state index contributed by atoms with van der Waals surface area (Å²) in [4.78, 5) is 12.0. The Kier molecular flexibility index (Phi) is 3.79. The van der Waals surface area contributed by atoms with Crippen LogP contribution in [0.2, 0.25) is 0 Å². The van der Waals surface area contributed by atoms with Gasteiger partial charge in [0.05, 0.1) is 13.2 Å². The number of methoxy groups -OCH3 is 1. The van der Waals surface area contributed by atoms with Gasteiger partial charge >= 0.3 is 0 Å². The van der Waals surface area contributed by atoms with Crippen LogP contribution in [-0.4, -0.2) is 25.1 Å². The number of carbonyl (C=O) groups is 1. The van der Waals surface area contributed by atoms with Crippen LogP contribution in [0.15, 0.2) is 24.3 Å². The molecule has 1 aliphatic rings. The summed E-state index contributed by atoms with van der Waals surface area (Å²) in [5.41, 5.74) is 0.704. The third kappa shape index (κ3) is 2.86. The van der Waals surface area contributed by atoms with Gasteiger partial charge in [-0.15, -0.1) is 0 Å². The van der Waals surface area contributed by atoms with Gasteiger partial charge in [-0.2, -0.15) is 0 Å². The Labute approximate surface area is 102 Å². The van der Waals surface area contributed by atoms with Crippen LogP contribution in [0.3, 0.4) is 0 Å². The first-order chi connectivity index (χ1) is 8.26. The number of ketones is 1. The maximum atomic E-state index is 12.0. The summed E-state index contributed by atoms with van der Waals surface area (Å²) >= 11 is 0. The molecule has 0 N–H and O–H groups in total. The molecule has 0 saturated carbocycles. The Morgan fingerprint density at radius 2 is 2.06 bits per heavy atom. The third-order valence-corrected chi connectivity index (χ3v) is 3.06. The minimum atomic E-state index is -0.213. The van der Waals surface area contributed by atoms with E-state index in [1.807, 2.05) is 0 Å². The fourth-order valence-corrected chi connectivity index (χ4v) is 1.92. The second-order valence-corrected chi connectivity index (χ2v) is 4.33. The first kappa shape index (κ1) is 12.1. The smallest absolute Gasteiger partial charge is 0.194 e. The molecular formula is C14H18O3. The zero-order chi connectivity index (χ0) is 12.3. The van der Waals surface area contributed by atoms with Crippen LogP contribution < -0.4 is 4.74 Å². The fourth-order valence-electron chi connectivity index (χ4n) is 1.92. The summed E-state index contributed by atoms with van der Waals surface area (Å²) in [6, 6.07) is 7.19. The van der Waals surface area contributed by atoms with E-state index in [-0.39, 0.29) is 18.0 Å². The van der Waals surface area contributed by atoms with Gasteiger partial charge in [-0.05, 0) is 30.7 Å². The van der Waals surface area contributed by atoms with Crippen molar-refractivity contribution < 1.29 is 14.3 Å². The number of rotatable bonds is 6. The van der Waals surface area contributed by atoms with Crippen molar-refractivity contribution in [3.63, 3.8) is 0 Å². The lowest BCUT2D eigenvalue weighted by Crippen LogP contribution is -2.10. The minimum absolute atomic E-state index is 0.0914. The van der Waals surface area contributed by atoms with Gasteiger partial charge in [-0.3, -0.25) is 4.79 Å². The summed E-state index contributed by atoms with van der Waals surface area (Å²) in [7, 11) is 1.61. The van der Waals surface area contributed by atoms with E-state index in [4.69, 9.17) is 9.47 Å². The molecule has 92 valence electrons. The molecule has 0 bridgehead atoms. The second-order valence-electron chi connectivity index (χ2n) is 4.33. The van der Waals surface area contributed by atoms with Gasteiger partial charge in [0.2, 0.25) is 0 Å². The number of unbranched alkanes of at least 4 members (excludes halogenated alkanes) is 1. The number of ether oxygens (including phenoxy) is 2. The van der Waals surface area contributed by atoms with Crippen LogP contribution in [0.4, 0.5) is 0 Å². The van der Waals surface area contributed by atoms with Crippen molar-refractivity contribution in [2.45, 2.75) is 38.4 Å². The van der Waals surface area contributed by atoms with Crippen LogP contribution in [0.25, 0.3) is 0 Å². The molecule has 3 nitrogen and oxygen atoms in total. The normalized spacial score (nSPS) is 22.2.